The molecule has 3 aromatic rings. The highest BCUT2D eigenvalue weighted by Crippen LogP contribution is 2.30. The maximum Gasteiger partial charge on any atom is 0.275 e. The summed E-state index contributed by atoms with van der Waals surface area (Å²) in [6, 6.07) is 5.52. The molecule has 1 N–H and O–H groups in total. The van der Waals surface area contributed by atoms with Crippen LogP contribution in [0.5, 0.6) is 0 Å². The summed E-state index contributed by atoms with van der Waals surface area (Å²) < 4.78 is 7.73. The van der Waals surface area contributed by atoms with Crippen LogP contribution in [0.2, 0.25) is 5.02 Å². The van der Waals surface area contributed by atoms with Gasteiger partial charge in [0.1, 0.15) is 11.3 Å². The SMILES string of the molecule is CC(C)OC(C)(C)c1csc(NC(=O)c2c(Cl)ccn2Cc2ccncc2)n1. The van der Waals surface area contributed by atoms with Gasteiger partial charge in [-0.25, -0.2) is 4.98 Å². The van der Waals surface area contributed by atoms with Crippen molar-refractivity contribution in [3.63, 3.8) is 0 Å². The quantitative estimate of drug-likeness (QED) is 0.589. The number of hydrogen-bond acceptors (Lipinski definition) is 5. The van der Waals surface area contributed by atoms with Crippen LogP contribution in [0, 0.1) is 0 Å². The Kier molecular flexibility index (Phi) is 6.17. The maximum atomic E-state index is 12.9. The Labute approximate surface area is 173 Å². The first-order valence-corrected chi connectivity index (χ1v) is 10.2. The number of aromatic nitrogens is 3. The number of thiazole rings is 1. The van der Waals surface area contributed by atoms with Crippen LogP contribution >= 0.6 is 22.9 Å². The fraction of sp³-hybridized carbons (Fsp3) is 0.350. The van der Waals surface area contributed by atoms with Crippen LogP contribution < -0.4 is 5.32 Å². The van der Waals surface area contributed by atoms with Crippen molar-refractivity contribution in [3.8, 4) is 0 Å². The molecule has 0 aromatic carbocycles. The molecule has 148 valence electrons. The minimum Gasteiger partial charge on any atom is -0.367 e. The number of ether oxygens (including phenoxy) is 1. The Morgan fingerprint density at radius 1 is 1.32 bits per heavy atom. The van der Waals surface area contributed by atoms with Crippen molar-refractivity contribution in [2.24, 2.45) is 0 Å². The lowest BCUT2D eigenvalue weighted by atomic mass is 10.1. The highest BCUT2D eigenvalue weighted by Gasteiger charge is 2.26. The van der Waals surface area contributed by atoms with Crippen molar-refractivity contribution in [1.82, 2.24) is 14.5 Å². The van der Waals surface area contributed by atoms with E-state index in [-0.39, 0.29) is 12.0 Å². The second-order valence-electron chi connectivity index (χ2n) is 7.16. The van der Waals surface area contributed by atoms with E-state index >= 15 is 0 Å². The van der Waals surface area contributed by atoms with Gasteiger partial charge < -0.3 is 9.30 Å². The molecule has 0 saturated carbocycles. The van der Waals surface area contributed by atoms with E-state index in [0.29, 0.717) is 22.4 Å². The molecule has 3 heterocycles. The zero-order chi connectivity index (χ0) is 20.3. The molecule has 0 aliphatic rings. The van der Waals surface area contributed by atoms with Crippen molar-refractivity contribution < 1.29 is 9.53 Å². The number of amides is 1. The molecule has 0 saturated heterocycles. The van der Waals surface area contributed by atoms with Crippen molar-refractivity contribution in [2.45, 2.75) is 45.9 Å². The van der Waals surface area contributed by atoms with Crippen LogP contribution in [0.1, 0.15) is 49.4 Å². The van der Waals surface area contributed by atoms with Crippen LogP contribution in [0.4, 0.5) is 5.13 Å². The van der Waals surface area contributed by atoms with E-state index in [2.05, 4.69) is 15.3 Å². The minimum atomic E-state index is -0.535. The van der Waals surface area contributed by atoms with Gasteiger partial charge in [-0.05, 0) is 51.5 Å². The van der Waals surface area contributed by atoms with E-state index in [0.717, 1.165) is 11.3 Å². The molecule has 0 atom stereocenters. The third-order valence-electron chi connectivity index (χ3n) is 4.10. The first-order chi connectivity index (χ1) is 13.3. The lowest BCUT2D eigenvalue weighted by Gasteiger charge is -2.25. The number of carbonyl (C=O) groups is 1. The van der Waals surface area contributed by atoms with Gasteiger partial charge >= 0.3 is 0 Å². The molecule has 8 heteroatoms. The minimum absolute atomic E-state index is 0.0741. The number of nitrogens with one attached hydrogen (secondary N) is 1. The van der Waals surface area contributed by atoms with Gasteiger partial charge in [-0.3, -0.25) is 15.1 Å². The van der Waals surface area contributed by atoms with E-state index in [1.807, 2.05) is 49.8 Å². The van der Waals surface area contributed by atoms with Gasteiger partial charge in [0.05, 0.1) is 16.8 Å². The Balaban J connectivity index is 1.77. The van der Waals surface area contributed by atoms with E-state index in [1.54, 1.807) is 24.7 Å². The van der Waals surface area contributed by atoms with Crippen molar-refractivity contribution in [3.05, 3.63) is 64.1 Å². The summed E-state index contributed by atoms with van der Waals surface area (Å²) in [7, 11) is 0. The number of carbonyl (C=O) groups excluding carboxylic acids is 1. The van der Waals surface area contributed by atoms with Gasteiger partial charge in [0.15, 0.2) is 5.13 Å². The van der Waals surface area contributed by atoms with Crippen LogP contribution in [-0.4, -0.2) is 26.5 Å². The smallest absolute Gasteiger partial charge is 0.275 e. The molecular formula is C20H23ClN4O2S. The van der Waals surface area contributed by atoms with Crippen LogP contribution in [0.3, 0.4) is 0 Å². The Morgan fingerprint density at radius 2 is 2.04 bits per heavy atom. The molecule has 6 nitrogen and oxygen atoms in total. The molecule has 0 radical (unpaired) electrons. The second kappa shape index (κ2) is 8.43. The Hall–Kier alpha value is -2.22. The Morgan fingerprint density at radius 3 is 2.71 bits per heavy atom. The molecule has 0 unspecified atom stereocenters. The van der Waals surface area contributed by atoms with Gasteiger partial charge in [-0.2, -0.15) is 0 Å². The average molecular weight is 419 g/mol. The molecule has 0 aliphatic heterocycles. The summed E-state index contributed by atoms with van der Waals surface area (Å²) in [5.74, 6) is -0.299. The van der Waals surface area contributed by atoms with Crippen molar-refractivity contribution in [2.75, 3.05) is 5.32 Å². The summed E-state index contributed by atoms with van der Waals surface area (Å²) in [6.45, 7) is 8.41. The summed E-state index contributed by atoms with van der Waals surface area (Å²) in [6.07, 6.45) is 5.31. The number of anilines is 1. The highest BCUT2D eigenvalue weighted by atomic mass is 35.5. The fourth-order valence-electron chi connectivity index (χ4n) is 2.92. The standard InChI is InChI=1S/C20H23ClN4O2S/c1-13(2)27-20(3,4)16-12-28-19(23-16)24-18(26)17-15(21)7-10-25(17)11-14-5-8-22-9-6-14/h5-10,12-13H,11H2,1-4H3,(H,23,24,26). The van der Waals surface area contributed by atoms with E-state index < -0.39 is 5.60 Å². The number of hydrogen-bond donors (Lipinski definition) is 1. The van der Waals surface area contributed by atoms with Gasteiger partial charge in [-0.15, -0.1) is 11.3 Å². The van der Waals surface area contributed by atoms with E-state index in [4.69, 9.17) is 16.3 Å². The molecule has 3 rings (SSSR count). The first-order valence-electron chi connectivity index (χ1n) is 8.95. The summed E-state index contributed by atoms with van der Waals surface area (Å²) in [5.41, 5.74) is 1.67. The molecule has 0 spiro atoms. The monoisotopic (exact) mass is 418 g/mol. The topological polar surface area (TPSA) is 69.0 Å². The molecule has 1 amide bonds. The van der Waals surface area contributed by atoms with Gasteiger partial charge in [-0.1, -0.05) is 11.6 Å². The first kappa shape index (κ1) is 20.5. The predicted octanol–water partition coefficient (Wildman–Crippen LogP) is 4.95. The van der Waals surface area contributed by atoms with Crippen LogP contribution in [0.15, 0.2) is 42.2 Å². The van der Waals surface area contributed by atoms with Gasteiger partial charge in [0, 0.05) is 30.5 Å². The highest BCUT2D eigenvalue weighted by molar-refractivity contribution is 7.14. The van der Waals surface area contributed by atoms with Crippen molar-refractivity contribution >= 4 is 34.0 Å². The normalized spacial score (nSPS) is 11.8. The number of pyridine rings is 1. The lowest BCUT2D eigenvalue weighted by molar-refractivity contribution is -0.0623. The predicted molar refractivity (Wildman–Crippen MR) is 112 cm³/mol. The molecule has 28 heavy (non-hydrogen) atoms. The second-order valence-corrected chi connectivity index (χ2v) is 8.43. The third kappa shape index (κ3) is 4.79. The Bertz CT molecular complexity index is 950. The van der Waals surface area contributed by atoms with Crippen LogP contribution in [-0.2, 0) is 16.9 Å². The van der Waals surface area contributed by atoms with Crippen molar-refractivity contribution in [1.29, 1.82) is 0 Å². The van der Waals surface area contributed by atoms with Gasteiger partial charge in [0.2, 0.25) is 0 Å². The molecule has 0 bridgehead atoms. The zero-order valence-electron chi connectivity index (χ0n) is 16.3. The molecule has 3 aromatic heterocycles. The molecule has 0 aliphatic carbocycles. The molecule has 0 fully saturated rings. The third-order valence-corrected chi connectivity index (χ3v) is 5.17. The molecular weight excluding hydrogens is 396 g/mol. The van der Waals surface area contributed by atoms with E-state index in [9.17, 15) is 4.79 Å². The fourth-order valence-corrected chi connectivity index (χ4v) is 4.03. The number of nitrogens with zero attached hydrogens (tertiary/aromatic N) is 3. The zero-order valence-corrected chi connectivity index (χ0v) is 17.8. The largest absolute Gasteiger partial charge is 0.367 e. The average Bonchev–Trinajstić information content (AvgIpc) is 3.22. The van der Waals surface area contributed by atoms with Crippen LogP contribution in [0.25, 0.3) is 0 Å². The van der Waals surface area contributed by atoms with E-state index in [1.165, 1.54) is 11.3 Å². The lowest BCUT2D eigenvalue weighted by Crippen LogP contribution is -2.26. The van der Waals surface area contributed by atoms with Gasteiger partial charge in [0.25, 0.3) is 5.91 Å². The number of halogens is 1. The summed E-state index contributed by atoms with van der Waals surface area (Å²) in [5, 5.41) is 5.65. The number of rotatable bonds is 7. The summed E-state index contributed by atoms with van der Waals surface area (Å²) >= 11 is 7.64. The maximum absolute atomic E-state index is 12.9. The summed E-state index contributed by atoms with van der Waals surface area (Å²) in [4.78, 5) is 21.4.